The normalized spacial score (nSPS) is 11.3. The maximum atomic E-state index is 13.2. The van der Waals surface area contributed by atoms with Crippen LogP contribution in [0.3, 0.4) is 0 Å². The third-order valence-corrected chi connectivity index (χ3v) is 5.29. The minimum absolute atomic E-state index is 0.177. The molecule has 0 atom stereocenters. The number of benzene rings is 3. The second kappa shape index (κ2) is 9.05. The van der Waals surface area contributed by atoms with Crippen LogP contribution >= 0.6 is 15.9 Å². The second-order valence-electron chi connectivity index (χ2n) is 6.95. The SMILES string of the molecule is O=C(Cc1ccc(Br)cc1)N/N=C\c1cn(Cc2ccc(F)cc2)c2ccccc12. The van der Waals surface area contributed by atoms with Gasteiger partial charge in [0.25, 0.3) is 0 Å². The summed E-state index contributed by atoms with van der Waals surface area (Å²) in [7, 11) is 0. The van der Waals surface area contributed by atoms with Crippen molar-refractivity contribution in [3.8, 4) is 0 Å². The first-order valence-electron chi connectivity index (χ1n) is 9.47. The summed E-state index contributed by atoms with van der Waals surface area (Å²) in [5, 5.41) is 5.17. The van der Waals surface area contributed by atoms with Crippen molar-refractivity contribution in [1.82, 2.24) is 9.99 Å². The lowest BCUT2D eigenvalue weighted by molar-refractivity contribution is -0.120. The van der Waals surface area contributed by atoms with Gasteiger partial charge in [0.05, 0.1) is 12.6 Å². The maximum Gasteiger partial charge on any atom is 0.244 e. The monoisotopic (exact) mass is 463 g/mol. The molecular formula is C24H19BrFN3O. The van der Waals surface area contributed by atoms with E-state index in [9.17, 15) is 9.18 Å². The van der Waals surface area contributed by atoms with Gasteiger partial charge >= 0.3 is 0 Å². The summed E-state index contributed by atoms with van der Waals surface area (Å²) in [5.41, 5.74) is 6.46. The number of amides is 1. The zero-order valence-corrected chi connectivity index (χ0v) is 17.6. The number of carbonyl (C=O) groups is 1. The molecule has 1 amide bonds. The number of hydrazone groups is 1. The average molecular weight is 464 g/mol. The van der Waals surface area contributed by atoms with Crippen LogP contribution in [0.4, 0.5) is 4.39 Å². The molecule has 0 saturated carbocycles. The summed E-state index contributed by atoms with van der Waals surface area (Å²) in [6.07, 6.45) is 3.90. The van der Waals surface area contributed by atoms with Gasteiger partial charge in [0, 0.05) is 33.7 Å². The molecule has 0 aliphatic carbocycles. The fraction of sp³-hybridized carbons (Fsp3) is 0.0833. The predicted molar refractivity (Wildman–Crippen MR) is 121 cm³/mol. The molecular weight excluding hydrogens is 445 g/mol. The number of fused-ring (bicyclic) bond motifs is 1. The number of nitrogens with zero attached hydrogens (tertiary/aromatic N) is 2. The van der Waals surface area contributed by atoms with Gasteiger partial charge in [0.15, 0.2) is 0 Å². The van der Waals surface area contributed by atoms with Gasteiger partial charge in [-0.2, -0.15) is 5.10 Å². The Labute approximate surface area is 182 Å². The number of halogens is 2. The highest BCUT2D eigenvalue weighted by atomic mass is 79.9. The summed E-state index contributed by atoms with van der Waals surface area (Å²) in [5.74, 6) is -0.425. The van der Waals surface area contributed by atoms with Gasteiger partial charge in [0.2, 0.25) is 5.91 Å². The molecule has 0 fully saturated rings. The third kappa shape index (κ3) is 4.83. The third-order valence-electron chi connectivity index (χ3n) is 4.76. The molecule has 3 aromatic carbocycles. The lowest BCUT2D eigenvalue weighted by atomic mass is 10.1. The topological polar surface area (TPSA) is 46.4 Å². The van der Waals surface area contributed by atoms with E-state index in [1.807, 2.05) is 54.7 Å². The second-order valence-corrected chi connectivity index (χ2v) is 7.87. The van der Waals surface area contributed by atoms with Gasteiger partial charge in [-0.1, -0.05) is 58.4 Å². The highest BCUT2D eigenvalue weighted by Gasteiger charge is 2.08. The number of carbonyl (C=O) groups excluding carboxylic acids is 1. The number of rotatable bonds is 6. The van der Waals surface area contributed by atoms with E-state index in [1.54, 1.807) is 18.3 Å². The molecule has 1 heterocycles. The molecule has 30 heavy (non-hydrogen) atoms. The summed E-state index contributed by atoms with van der Waals surface area (Å²) in [6, 6.07) is 22.1. The van der Waals surface area contributed by atoms with E-state index in [4.69, 9.17) is 0 Å². The fourth-order valence-electron chi connectivity index (χ4n) is 3.30. The molecule has 0 saturated heterocycles. The van der Waals surface area contributed by atoms with Crippen molar-refractivity contribution in [2.75, 3.05) is 0 Å². The lowest BCUT2D eigenvalue weighted by Gasteiger charge is -2.05. The van der Waals surface area contributed by atoms with Crippen molar-refractivity contribution in [1.29, 1.82) is 0 Å². The summed E-state index contributed by atoms with van der Waals surface area (Å²) >= 11 is 3.38. The van der Waals surface area contributed by atoms with Crippen molar-refractivity contribution < 1.29 is 9.18 Å². The van der Waals surface area contributed by atoms with E-state index in [0.29, 0.717) is 6.54 Å². The molecule has 150 valence electrons. The first kappa shape index (κ1) is 20.0. The first-order valence-corrected chi connectivity index (χ1v) is 10.3. The average Bonchev–Trinajstić information content (AvgIpc) is 3.09. The standard InChI is InChI=1S/C24H19BrFN3O/c25-20-9-5-17(6-10-20)13-24(30)28-27-14-19-16-29(23-4-2-1-3-22(19)23)15-18-7-11-21(26)12-8-18/h1-12,14,16H,13,15H2,(H,28,30)/b27-14-. The molecule has 0 spiro atoms. The van der Waals surface area contributed by atoms with E-state index in [-0.39, 0.29) is 18.1 Å². The molecule has 4 aromatic rings. The van der Waals surface area contributed by atoms with Crippen LogP contribution in [0.5, 0.6) is 0 Å². The number of hydrogen-bond donors (Lipinski definition) is 1. The van der Waals surface area contributed by atoms with Crippen LogP contribution in [0.15, 0.2) is 88.6 Å². The fourth-order valence-corrected chi connectivity index (χ4v) is 3.56. The minimum atomic E-state index is -0.247. The molecule has 0 aliphatic heterocycles. The van der Waals surface area contributed by atoms with E-state index in [1.165, 1.54) is 12.1 Å². The van der Waals surface area contributed by atoms with Crippen LogP contribution < -0.4 is 5.43 Å². The van der Waals surface area contributed by atoms with E-state index in [2.05, 4.69) is 31.0 Å². The number of aromatic nitrogens is 1. The van der Waals surface area contributed by atoms with Crippen LogP contribution in [0.2, 0.25) is 0 Å². The number of nitrogens with one attached hydrogen (secondary N) is 1. The first-order chi connectivity index (χ1) is 14.6. The molecule has 0 aliphatic rings. The summed E-state index contributed by atoms with van der Waals surface area (Å²) in [6.45, 7) is 0.616. The summed E-state index contributed by atoms with van der Waals surface area (Å²) in [4.78, 5) is 12.2. The van der Waals surface area contributed by atoms with Gasteiger partial charge in [-0.3, -0.25) is 4.79 Å². The molecule has 6 heteroatoms. The molecule has 1 N–H and O–H groups in total. The molecule has 0 unspecified atom stereocenters. The van der Waals surface area contributed by atoms with Crippen LogP contribution in [-0.4, -0.2) is 16.7 Å². The zero-order valence-electron chi connectivity index (χ0n) is 16.1. The van der Waals surface area contributed by atoms with E-state index >= 15 is 0 Å². The quantitative estimate of drug-likeness (QED) is 0.306. The molecule has 0 bridgehead atoms. The van der Waals surface area contributed by atoms with Crippen molar-refractivity contribution in [2.24, 2.45) is 5.10 Å². The van der Waals surface area contributed by atoms with Crippen LogP contribution in [0.1, 0.15) is 16.7 Å². The number of hydrogen-bond acceptors (Lipinski definition) is 2. The van der Waals surface area contributed by atoms with Gasteiger partial charge < -0.3 is 4.57 Å². The smallest absolute Gasteiger partial charge is 0.244 e. The Morgan fingerprint density at radius 1 is 1.00 bits per heavy atom. The Morgan fingerprint density at radius 3 is 2.47 bits per heavy atom. The van der Waals surface area contributed by atoms with Gasteiger partial charge in [0.1, 0.15) is 5.82 Å². The lowest BCUT2D eigenvalue weighted by Crippen LogP contribution is -2.19. The zero-order chi connectivity index (χ0) is 20.9. The Balaban J connectivity index is 1.49. The van der Waals surface area contributed by atoms with Crippen molar-refractivity contribution in [3.63, 3.8) is 0 Å². The molecule has 1 aromatic heterocycles. The van der Waals surface area contributed by atoms with Crippen molar-refractivity contribution in [3.05, 3.63) is 106 Å². The largest absolute Gasteiger partial charge is 0.342 e. The van der Waals surface area contributed by atoms with E-state index in [0.717, 1.165) is 32.1 Å². The summed E-state index contributed by atoms with van der Waals surface area (Å²) < 4.78 is 16.2. The predicted octanol–water partition coefficient (Wildman–Crippen LogP) is 5.28. The maximum absolute atomic E-state index is 13.2. The van der Waals surface area contributed by atoms with Crippen LogP contribution in [-0.2, 0) is 17.8 Å². The van der Waals surface area contributed by atoms with Crippen molar-refractivity contribution in [2.45, 2.75) is 13.0 Å². The Kier molecular flexibility index (Phi) is 6.05. The van der Waals surface area contributed by atoms with Gasteiger partial charge in [-0.05, 0) is 41.5 Å². The molecule has 4 rings (SSSR count). The Hall–Kier alpha value is -3.25. The van der Waals surface area contributed by atoms with Crippen LogP contribution in [0.25, 0.3) is 10.9 Å². The Morgan fingerprint density at radius 2 is 1.70 bits per heavy atom. The van der Waals surface area contributed by atoms with E-state index < -0.39 is 0 Å². The highest BCUT2D eigenvalue weighted by Crippen LogP contribution is 2.21. The van der Waals surface area contributed by atoms with Crippen LogP contribution in [0, 0.1) is 5.82 Å². The van der Waals surface area contributed by atoms with Crippen molar-refractivity contribution >= 4 is 39.0 Å². The number of para-hydroxylation sites is 1. The highest BCUT2D eigenvalue weighted by molar-refractivity contribution is 9.10. The Bertz CT molecular complexity index is 1200. The molecule has 0 radical (unpaired) electrons. The van der Waals surface area contributed by atoms with Gasteiger partial charge in [-0.25, -0.2) is 9.82 Å². The van der Waals surface area contributed by atoms with Gasteiger partial charge in [-0.15, -0.1) is 0 Å². The molecule has 4 nitrogen and oxygen atoms in total. The minimum Gasteiger partial charge on any atom is -0.342 e.